The van der Waals surface area contributed by atoms with Gasteiger partial charge in [-0.25, -0.2) is 4.39 Å². The number of hydrogen-bond acceptors (Lipinski definition) is 3. The van der Waals surface area contributed by atoms with E-state index in [0.717, 1.165) is 34.7 Å². The van der Waals surface area contributed by atoms with Gasteiger partial charge in [-0.05, 0) is 71.3 Å². The van der Waals surface area contributed by atoms with Gasteiger partial charge in [0.15, 0.2) is 0 Å². The van der Waals surface area contributed by atoms with Crippen molar-refractivity contribution < 1.29 is 14.1 Å². The Morgan fingerprint density at radius 2 is 1.83 bits per heavy atom. The molecule has 2 aliphatic carbocycles. The number of ether oxygens (including phenoxy) is 1. The second-order valence-corrected chi connectivity index (χ2v) is 9.99. The minimum absolute atomic E-state index is 0.0204. The molecule has 0 aromatic heterocycles. The molecule has 0 amide bonds. The maximum Gasteiger partial charge on any atom is 0.269 e. The minimum Gasteiger partial charge on any atom is -0.482 e. The van der Waals surface area contributed by atoms with E-state index in [4.69, 9.17) is 16.3 Å². The number of fused-ring (bicyclic) bond motifs is 5. The zero-order valence-corrected chi connectivity index (χ0v) is 20.1. The molecule has 0 N–H and O–H groups in total. The first kappa shape index (κ1) is 22.7. The Balaban J connectivity index is 1.57. The van der Waals surface area contributed by atoms with E-state index in [-0.39, 0.29) is 17.5 Å². The van der Waals surface area contributed by atoms with Gasteiger partial charge in [-0.1, -0.05) is 66.2 Å². The molecule has 2 aliphatic rings. The van der Waals surface area contributed by atoms with Gasteiger partial charge in [0.25, 0.3) is 5.69 Å². The Hall–Kier alpha value is -3.70. The third kappa shape index (κ3) is 3.66. The van der Waals surface area contributed by atoms with E-state index in [1.165, 1.54) is 18.2 Å². The molecule has 3 unspecified atom stereocenters. The fourth-order valence-electron chi connectivity index (χ4n) is 6.10. The second kappa shape index (κ2) is 8.75. The normalized spacial score (nSPS) is 22.6. The van der Waals surface area contributed by atoms with Crippen molar-refractivity contribution in [2.24, 2.45) is 5.92 Å². The van der Waals surface area contributed by atoms with Crippen LogP contribution in [0.3, 0.4) is 0 Å². The number of halogens is 2. The van der Waals surface area contributed by atoms with Gasteiger partial charge in [0, 0.05) is 28.6 Å². The van der Waals surface area contributed by atoms with Crippen LogP contribution < -0.4 is 4.74 Å². The van der Waals surface area contributed by atoms with Crippen molar-refractivity contribution >= 4 is 34.1 Å². The van der Waals surface area contributed by atoms with Crippen LogP contribution >= 0.6 is 11.6 Å². The van der Waals surface area contributed by atoms with Gasteiger partial charge in [-0.3, -0.25) is 10.1 Å². The van der Waals surface area contributed by atoms with Gasteiger partial charge >= 0.3 is 0 Å². The van der Waals surface area contributed by atoms with Crippen molar-refractivity contribution in [3.05, 3.63) is 123 Å². The first-order valence-corrected chi connectivity index (χ1v) is 12.4. The van der Waals surface area contributed by atoms with E-state index in [9.17, 15) is 10.1 Å². The van der Waals surface area contributed by atoms with E-state index >= 15 is 4.39 Å². The van der Waals surface area contributed by atoms with Gasteiger partial charge in [0.1, 0.15) is 17.2 Å². The van der Waals surface area contributed by atoms with E-state index in [1.807, 2.05) is 12.1 Å². The van der Waals surface area contributed by atoms with Crippen LogP contribution in [0.5, 0.6) is 5.75 Å². The van der Waals surface area contributed by atoms with Crippen LogP contribution in [0.25, 0.3) is 16.8 Å². The monoisotopic (exact) mass is 499 g/mol. The van der Waals surface area contributed by atoms with Crippen LogP contribution in [0.1, 0.15) is 41.9 Å². The van der Waals surface area contributed by atoms with E-state index in [2.05, 4.69) is 36.4 Å². The molecule has 4 aromatic rings. The first-order valence-electron chi connectivity index (χ1n) is 12.1. The van der Waals surface area contributed by atoms with Crippen molar-refractivity contribution in [2.45, 2.75) is 30.8 Å². The van der Waals surface area contributed by atoms with Crippen LogP contribution in [0.2, 0.25) is 5.02 Å². The number of nitrogens with zero attached hydrogens (tertiary/aromatic N) is 1. The van der Waals surface area contributed by atoms with E-state index in [0.29, 0.717) is 22.8 Å². The van der Waals surface area contributed by atoms with E-state index < -0.39 is 16.3 Å². The molecule has 0 aliphatic heterocycles. The van der Waals surface area contributed by atoms with Crippen molar-refractivity contribution in [2.75, 3.05) is 0 Å². The molecule has 0 radical (unpaired) electrons. The number of nitro benzene ring substituents is 1. The van der Waals surface area contributed by atoms with Crippen LogP contribution in [-0.4, -0.2) is 4.92 Å². The van der Waals surface area contributed by atoms with Gasteiger partial charge in [0.05, 0.1) is 4.92 Å². The molecule has 0 spiro atoms. The third-order valence-corrected chi connectivity index (χ3v) is 7.84. The molecule has 4 aromatic carbocycles. The van der Waals surface area contributed by atoms with Crippen LogP contribution in [-0.2, 0) is 5.60 Å². The maximum atomic E-state index is 15.7. The lowest BCUT2D eigenvalue weighted by molar-refractivity contribution is -0.384. The lowest BCUT2D eigenvalue weighted by Crippen LogP contribution is -2.47. The van der Waals surface area contributed by atoms with Gasteiger partial charge < -0.3 is 4.74 Å². The summed E-state index contributed by atoms with van der Waals surface area (Å²) in [6.45, 7) is 0. The van der Waals surface area contributed by atoms with Gasteiger partial charge in [0.2, 0.25) is 0 Å². The standard InChI is InChI=1S/C30H23ClFNO3/c31-21-9-16-27(28(32)18-21)30(36-23-12-10-22(11-13-23)33(34)35)17-3-5-20-8-14-25-24-6-2-1-4-19(24)7-15-26(25)29(20)30/h1-2,4,6-16,18,20,29H,3,5,17H2. The molecule has 180 valence electrons. The van der Waals surface area contributed by atoms with Crippen molar-refractivity contribution in [3.8, 4) is 5.75 Å². The zero-order valence-electron chi connectivity index (χ0n) is 19.4. The molecule has 0 saturated heterocycles. The lowest BCUT2D eigenvalue weighted by Gasteiger charge is -2.49. The van der Waals surface area contributed by atoms with Crippen molar-refractivity contribution in [1.82, 2.24) is 0 Å². The van der Waals surface area contributed by atoms with E-state index in [1.54, 1.807) is 24.3 Å². The van der Waals surface area contributed by atoms with Crippen LogP contribution in [0, 0.1) is 21.8 Å². The lowest BCUT2D eigenvalue weighted by atomic mass is 9.60. The van der Waals surface area contributed by atoms with Crippen molar-refractivity contribution in [1.29, 1.82) is 0 Å². The summed E-state index contributed by atoms with van der Waals surface area (Å²) in [5.74, 6) is 0.0525. The highest BCUT2D eigenvalue weighted by molar-refractivity contribution is 6.30. The zero-order chi connectivity index (χ0) is 24.9. The highest BCUT2D eigenvalue weighted by atomic mass is 35.5. The summed E-state index contributed by atoms with van der Waals surface area (Å²) in [4.78, 5) is 10.7. The molecule has 0 bridgehead atoms. The second-order valence-electron chi connectivity index (χ2n) is 9.55. The molecular formula is C30H23ClFNO3. The summed E-state index contributed by atoms with van der Waals surface area (Å²) in [6.07, 6.45) is 6.85. The molecule has 6 rings (SSSR count). The van der Waals surface area contributed by atoms with Crippen molar-refractivity contribution in [3.63, 3.8) is 0 Å². The molecule has 1 fully saturated rings. The Labute approximate surface area is 213 Å². The summed E-state index contributed by atoms with van der Waals surface area (Å²) in [5.41, 5.74) is 1.66. The summed E-state index contributed by atoms with van der Waals surface area (Å²) >= 11 is 6.14. The highest BCUT2D eigenvalue weighted by Crippen LogP contribution is 2.56. The number of benzene rings is 4. The Bertz CT molecular complexity index is 1520. The molecule has 0 heterocycles. The Morgan fingerprint density at radius 3 is 2.61 bits per heavy atom. The molecule has 1 saturated carbocycles. The maximum absolute atomic E-state index is 15.7. The van der Waals surface area contributed by atoms with Gasteiger partial charge in [-0.15, -0.1) is 0 Å². The number of allylic oxidation sites excluding steroid dienone is 1. The Kier molecular flexibility index (Phi) is 5.53. The van der Waals surface area contributed by atoms with Crippen LogP contribution in [0.15, 0.2) is 84.9 Å². The third-order valence-electron chi connectivity index (χ3n) is 7.60. The molecular weight excluding hydrogens is 477 g/mol. The predicted octanol–water partition coefficient (Wildman–Crippen LogP) is 8.43. The fraction of sp³-hybridized carbons (Fsp3) is 0.200. The number of nitro groups is 1. The summed E-state index contributed by atoms with van der Waals surface area (Å²) in [5, 5.41) is 13.8. The number of hydrogen-bond donors (Lipinski definition) is 0. The number of non-ortho nitro benzene ring substituents is 1. The average Bonchev–Trinajstić information content (AvgIpc) is 2.88. The highest BCUT2D eigenvalue weighted by Gasteiger charge is 2.52. The largest absolute Gasteiger partial charge is 0.482 e. The topological polar surface area (TPSA) is 52.4 Å². The SMILES string of the molecule is O=[N+]([O-])c1ccc(OC2(c3ccc(Cl)cc3F)CCCC3C=Cc4c(ccc5ccccc45)C32)cc1. The number of rotatable bonds is 4. The summed E-state index contributed by atoms with van der Waals surface area (Å²) in [7, 11) is 0. The summed E-state index contributed by atoms with van der Waals surface area (Å²) in [6, 6.07) is 23.3. The minimum atomic E-state index is -1.02. The fourth-order valence-corrected chi connectivity index (χ4v) is 6.26. The molecule has 6 heteroatoms. The quantitative estimate of drug-likeness (QED) is 0.209. The van der Waals surface area contributed by atoms with Crippen LogP contribution in [0.4, 0.5) is 10.1 Å². The molecule has 36 heavy (non-hydrogen) atoms. The smallest absolute Gasteiger partial charge is 0.269 e. The summed E-state index contributed by atoms with van der Waals surface area (Å²) < 4.78 is 22.5. The average molecular weight is 500 g/mol. The molecule has 4 nitrogen and oxygen atoms in total. The predicted molar refractivity (Wildman–Crippen MR) is 140 cm³/mol. The Morgan fingerprint density at radius 1 is 1.03 bits per heavy atom. The van der Waals surface area contributed by atoms with Gasteiger partial charge in [-0.2, -0.15) is 0 Å². The first-order chi connectivity index (χ1) is 17.5. The molecule has 3 atom stereocenters.